The number of nitro groups is 1. The average Bonchev–Trinajstić information content (AvgIpc) is 2.81. The standard InChI is InChI=1S/C24H23F3N4O6/c1-13-17(8-4-9-18(13)24(25,26)27)21(32)28-10-5-11-30-20(15-6-3-7-16(12-15)31(36)37)19(22(33)34)14(2)29-23(30)35/h3-4,6-9,12,20H,5,10-11H2,1-2H3,(H,28,32)(H,29,35)(H,33,34). The Morgan fingerprint density at radius 2 is 1.86 bits per heavy atom. The SMILES string of the molecule is CC1=C(C(=O)O)C(c2cccc([N+](=O)[O-])c2)N(CCCNC(=O)c2cccc(C(F)(F)F)c2C)C(=O)N1. The minimum atomic E-state index is -4.61. The number of alkyl halides is 3. The second kappa shape index (κ2) is 10.7. The molecule has 2 aromatic rings. The number of halogens is 3. The number of benzene rings is 2. The Morgan fingerprint density at radius 1 is 1.19 bits per heavy atom. The van der Waals surface area contributed by atoms with Gasteiger partial charge in [-0.3, -0.25) is 14.9 Å². The van der Waals surface area contributed by atoms with Crippen molar-refractivity contribution in [2.24, 2.45) is 0 Å². The highest BCUT2D eigenvalue weighted by Gasteiger charge is 2.38. The van der Waals surface area contributed by atoms with E-state index in [9.17, 15) is 42.8 Å². The molecule has 1 atom stereocenters. The number of allylic oxidation sites excluding steroid dienone is 1. The van der Waals surface area contributed by atoms with Gasteiger partial charge in [-0.2, -0.15) is 13.2 Å². The van der Waals surface area contributed by atoms with Crippen LogP contribution in [-0.2, 0) is 11.0 Å². The lowest BCUT2D eigenvalue weighted by Gasteiger charge is -2.37. The van der Waals surface area contributed by atoms with Gasteiger partial charge in [0.1, 0.15) is 0 Å². The van der Waals surface area contributed by atoms with E-state index in [4.69, 9.17) is 0 Å². The van der Waals surface area contributed by atoms with Gasteiger partial charge in [0.05, 0.1) is 22.1 Å². The molecule has 3 N–H and O–H groups in total. The van der Waals surface area contributed by atoms with E-state index in [1.165, 1.54) is 49.1 Å². The molecule has 3 rings (SSSR count). The molecule has 0 saturated heterocycles. The van der Waals surface area contributed by atoms with Crippen LogP contribution in [0, 0.1) is 17.0 Å². The Labute approximate surface area is 208 Å². The third-order valence-electron chi connectivity index (χ3n) is 5.92. The second-order valence-electron chi connectivity index (χ2n) is 8.31. The van der Waals surface area contributed by atoms with Crippen molar-refractivity contribution in [3.05, 3.63) is 86.1 Å². The molecular formula is C24H23F3N4O6. The highest BCUT2D eigenvalue weighted by Crippen LogP contribution is 2.35. The Morgan fingerprint density at radius 3 is 2.49 bits per heavy atom. The average molecular weight is 520 g/mol. The zero-order chi connectivity index (χ0) is 27.5. The molecule has 3 amide bonds. The molecule has 1 aliphatic heterocycles. The van der Waals surface area contributed by atoms with E-state index < -0.39 is 40.6 Å². The summed E-state index contributed by atoms with van der Waals surface area (Å²) in [6.45, 7) is 2.50. The van der Waals surface area contributed by atoms with Gasteiger partial charge in [-0.15, -0.1) is 0 Å². The van der Waals surface area contributed by atoms with E-state index in [0.29, 0.717) is 0 Å². The van der Waals surface area contributed by atoms with Crippen molar-refractivity contribution >= 4 is 23.6 Å². The summed E-state index contributed by atoms with van der Waals surface area (Å²) < 4.78 is 39.4. The molecule has 0 aromatic heterocycles. The summed E-state index contributed by atoms with van der Waals surface area (Å²) in [7, 11) is 0. The highest BCUT2D eigenvalue weighted by molar-refractivity contribution is 5.96. The van der Waals surface area contributed by atoms with Gasteiger partial charge in [0, 0.05) is 36.5 Å². The van der Waals surface area contributed by atoms with Crippen LogP contribution in [0.5, 0.6) is 0 Å². The van der Waals surface area contributed by atoms with E-state index in [0.717, 1.165) is 12.1 Å². The number of carbonyl (C=O) groups excluding carboxylic acids is 2. The monoisotopic (exact) mass is 520 g/mol. The number of non-ortho nitro benzene ring substituents is 1. The molecule has 37 heavy (non-hydrogen) atoms. The van der Waals surface area contributed by atoms with Gasteiger partial charge in [0.2, 0.25) is 0 Å². The fourth-order valence-electron chi connectivity index (χ4n) is 4.18. The number of nitrogens with one attached hydrogen (secondary N) is 2. The van der Waals surface area contributed by atoms with Crippen LogP contribution in [-0.4, -0.2) is 45.9 Å². The van der Waals surface area contributed by atoms with Gasteiger partial charge < -0.3 is 20.6 Å². The van der Waals surface area contributed by atoms with E-state index in [1.807, 2.05) is 0 Å². The molecular weight excluding hydrogens is 497 g/mol. The topological polar surface area (TPSA) is 142 Å². The Balaban J connectivity index is 1.79. The fraction of sp³-hybridized carbons (Fsp3) is 0.292. The number of carbonyl (C=O) groups is 3. The molecule has 1 aliphatic rings. The van der Waals surface area contributed by atoms with Crippen LogP contribution >= 0.6 is 0 Å². The summed E-state index contributed by atoms with van der Waals surface area (Å²) >= 11 is 0. The van der Waals surface area contributed by atoms with E-state index in [2.05, 4.69) is 10.6 Å². The summed E-state index contributed by atoms with van der Waals surface area (Å²) in [5.74, 6) is -2.06. The van der Waals surface area contributed by atoms with Gasteiger partial charge in [-0.1, -0.05) is 18.2 Å². The number of aliphatic carboxylic acids is 1. The largest absolute Gasteiger partial charge is 0.478 e. The quantitative estimate of drug-likeness (QED) is 0.271. The van der Waals surface area contributed by atoms with Gasteiger partial charge in [0.25, 0.3) is 11.6 Å². The van der Waals surface area contributed by atoms with Gasteiger partial charge in [0.15, 0.2) is 0 Å². The number of hydrogen-bond donors (Lipinski definition) is 3. The van der Waals surface area contributed by atoms with Crippen molar-refractivity contribution in [1.29, 1.82) is 0 Å². The first-order valence-electron chi connectivity index (χ1n) is 11.0. The maximum Gasteiger partial charge on any atom is 0.416 e. The normalized spacial score (nSPS) is 15.9. The molecule has 196 valence electrons. The summed E-state index contributed by atoms with van der Waals surface area (Å²) in [6, 6.07) is 6.76. The molecule has 13 heteroatoms. The number of amides is 3. The lowest BCUT2D eigenvalue weighted by Crippen LogP contribution is -2.49. The molecule has 10 nitrogen and oxygen atoms in total. The van der Waals surface area contributed by atoms with Gasteiger partial charge >= 0.3 is 18.2 Å². The molecule has 2 aromatic carbocycles. The first-order chi connectivity index (χ1) is 17.3. The Kier molecular flexibility index (Phi) is 7.84. The molecule has 0 saturated carbocycles. The smallest absolute Gasteiger partial charge is 0.416 e. The predicted molar refractivity (Wildman–Crippen MR) is 125 cm³/mol. The lowest BCUT2D eigenvalue weighted by atomic mass is 9.93. The van der Waals surface area contributed by atoms with Crippen molar-refractivity contribution in [2.75, 3.05) is 13.1 Å². The molecule has 0 aliphatic carbocycles. The van der Waals surface area contributed by atoms with Crippen molar-refractivity contribution < 1.29 is 37.6 Å². The fourth-order valence-corrected chi connectivity index (χ4v) is 4.18. The summed E-state index contributed by atoms with van der Waals surface area (Å²) in [6.07, 6.45) is -4.49. The molecule has 1 heterocycles. The third-order valence-corrected chi connectivity index (χ3v) is 5.92. The number of carboxylic acids is 1. The van der Waals surface area contributed by atoms with E-state index in [1.54, 1.807) is 0 Å². The number of nitrogens with zero attached hydrogens (tertiary/aromatic N) is 2. The first kappa shape index (κ1) is 27.2. The molecule has 1 unspecified atom stereocenters. The number of carboxylic acid groups (broad SMARTS) is 1. The zero-order valence-electron chi connectivity index (χ0n) is 19.8. The molecule has 0 radical (unpaired) electrons. The van der Waals surface area contributed by atoms with Crippen LogP contribution in [0.15, 0.2) is 53.7 Å². The van der Waals surface area contributed by atoms with Crippen LogP contribution in [0.25, 0.3) is 0 Å². The minimum absolute atomic E-state index is 0.0366. The number of hydrogen-bond acceptors (Lipinski definition) is 5. The predicted octanol–water partition coefficient (Wildman–Crippen LogP) is 4.17. The summed E-state index contributed by atoms with van der Waals surface area (Å²) in [5.41, 5.74) is -1.46. The second-order valence-corrected chi connectivity index (χ2v) is 8.31. The van der Waals surface area contributed by atoms with Crippen molar-refractivity contribution in [3.8, 4) is 0 Å². The minimum Gasteiger partial charge on any atom is -0.478 e. The summed E-state index contributed by atoms with van der Waals surface area (Å²) in [4.78, 5) is 49.1. The molecule has 0 fully saturated rings. The van der Waals surface area contributed by atoms with Crippen LogP contribution in [0.3, 0.4) is 0 Å². The maximum atomic E-state index is 13.1. The van der Waals surface area contributed by atoms with E-state index in [-0.39, 0.29) is 53.2 Å². The van der Waals surface area contributed by atoms with Crippen molar-refractivity contribution in [2.45, 2.75) is 32.5 Å². The Bertz CT molecular complexity index is 1290. The number of nitro benzene ring substituents is 1. The highest BCUT2D eigenvalue weighted by atomic mass is 19.4. The third kappa shape index (κ3) is 5.88. The molecule has 0 bridgehead atoms. The Hall–Kier alpha value is -4.42. The zero-order valence-corrected chi connectivity index (χ0v) is 19.8. The maximum absolute atomic E-state index is 13.1. The van der Waals surface area contributed by atoms with Crippen LogP contribution in [0.4, 0.5) is 23.7 Å². The molecule has 0 spiro atoms. The van der Waals surface area contributed by atoms with Gasteiger partial charge in [-0.25, -0.2) is 9.59 Å². The number of rotatable bonds is 8. The van der Waals surface area contributed by atoms with Gasteiger partial charge in [-0.05, 0) is 43.5 Å². The van der Waals surface area contributed by atoms with Crippen LogP contribution in [0.2, 0.25) is 0 Å². The lowest BCUT2D eigenvalue weighted by molar-refractivity contribution is -0.384. The van der Waals surface area contributed by atoms with Crippen LogP contribution in [0.1, 0.15) is 46.4 Å². The summed E-state index contributed by atoms with van der Waals surface area (Å²) in [5, 5.41) is 26.0. The van der Waals surface area contributed by atoms with Crippen molar-refractivity contribution in [3.63, 3.8) is 0 Å². The first-order valence-corrected chi connectivity index (χ1v) is 11.0. The van der Waals surface area contributed by atoms with E-state index >= 15 is 0 Å². The van der Waals surface area contributed by atoms with Crippen molar-refractivity contribution in [1.82, 2.24) is 15.5 Å². The van der Waals surface area contributed by atoms with Crippen LogP contribution < -0.4 is 10.6 Å². The number of urea groups is 1.